The first-order valence-corrected chi connectivity index (χ1v) is 9.72. The van der Waals surface area contributed by atoms with Gasteiger partial charge in [-0.15, -0.1) is 0 Å². The summed E-state index contributed by atoms with van der Waals surface area (Å²) in [5.41, 5.74) is 2.73. The van der Waals surface area contributed by atoms with Gasteiger partial charge in [-0.05, 0) is 56.2 Å². The van der Waals surface area contributed by atoms with Crippen molar-refractivity contribution in [2.75, 3.05) is 18.5 Å². The second-order valence-corrected chi connectivity index (χ2v) is 6.84. The van der Waals surface area contributed by atoms with Gasteiger partial charge in [-0.25, -0.2) is 14.4 Å². The van der Waals surface area contributed by atoms with Crippen LogP contribution in [0, 0.1) is 13.8 Å². The summed E-state index contributed by atoms with van der Waals surface area (Å²) in [5.74, 6) is 0.00713. The summed E-state index contributed by atoms with van der Waals surface area (Å²) in [6.07, 6.45) is -0.613. The number of hydrogen-bond acceptors (Lipinski definition) is 7. The number of ether oxygens (including phenoxy) is 3. The highest BCUT2D eigenvalue weighted by molar-refractivity contribution is 5.90. The van der Waals surface area contributed by atoms with Crippen LogP contribution >= 0.6 is 0 Å². The number of fused-ring (bicyclic) bond motifs is 1. The molecule has 8 nitrogen and oxygen atoms in total. The van der Waals surface area contributed by atoms with Crippen LogP contribution in [-0.4, -0.2) is 25.3 Å². The minimum atomic E-state index is -0.613. The minimum Gasteiger partial charge on any atom is -0.482 e. The highest BCUT2D eigenvalue weighted by atomic mass is 16.6. The van der Waals surface area contributed by atoms with E-state index in [1.165, 1.54) is 12.1 Å². The highest BCUT2D eigenvalue weighted by Gasteiger charge is 2.12. The van der Waals surface area contributed by atoms with Crippen molar-refractivity contribution in [3.8, 4) is 5.75 Å². The maximum atomic E-state index is 12.1. The Morgan fingerprint density at radius 3 is 2.55 bits per heavy atom. The lowest BCUT2D eigenvalue weighted by atomic mass is 10.1. The molecule has 0 aliphatic rings. The minimum absolute atomic E-state index is 0.123. The number of aryl methyl sites for hydroxylation is 2. The number of carbonyl (C=O) groups excluding carboxylic acids is 2. The summed E-state index contributed by atoms with van der Waals surface area (Å²) in [5, 5.41) is 3.12. The first-order chi connectivity index (χ1) is 14.9. The van der Waals surface area contributed by atoms with Crippen LogP contribution in [0.4, 0.5) is 10.5 Å². The van der Waals surface area contributed by atoms with Gasteiger partial charge in [-0.1, -0.05) is 6.07 Å². The standard InChI is InChI=1S/C23H23NO7/c1-4-28-23(27)24-17-6-8-19-16(10-21(25)31-20(19)11-17)12-30-22(26)13-29-18-7-5-14(2)15(3)9-18/h5-11H,4,12-13H2,1-3H3,(H,24,27). The molecule has 3 rings (SSSR count). The topological polar surface area (TPSA) is 104 Å². The Balaban J connectivity index is 1.66. The summed E-state index contributed by atoms with van der Waals surface area (Å²) in [4.78, 5) is 35.6. The van der Waals surface area contributed by atoms with Crippen molar-refractivity contribution in [3.05, 3.63) is 69.6 Å². The largest absolute Gasteiger partial charge is 0.482 e. The van der Waals surface area contributed by atoms with Crippen molar-refractivity contribution >= 4 is 28.7 Å². The zero-order valence-electron chi connectivity index (χ0n) is 17.5. The third-order valence-corrected chi connectivity index (χ3v) is 4.58. The molecule has 1 heterocycles. The average Bonchev–Trinajstić information content (AvgIpc) is 2.72. The fourth-order valence-electron chi connectivity index (χ4n) is 2.86. The molecular weight excluding hydrogens is 402 g/mol. The van der Waals surface area contributed by atoms with E-state index in [-0.39, 0.29) is 25.4 Å². The van der Waals surface area contributed by atoms with Crippen molar-refractivity contribution in [2.24, 2.45) is 0 Å². The number of rotatable bonds is 7. The number of carbonyl (C=O) groups is 2. The molecule has 162 valence electrons. The van der Waals surface area contributed by atoms with Crippen LogP contribution in [0.1, 0.15) is 23.6 Å². The monoisotopic (exact) mass is 425 g/mol. The van der Waals surface area contributed by atoms with E-state index in [1.54, 1.807) is 25.1 Å². The Bertz CT molecular complexity index is 1170. The number of esters is 1. The van der Waals surface area contributed by atoms with E-state index < -0.39 is 17.7 Å². The maximum Gasteiger partial charge on any atom is 0.411 e. The van der Waals surface area contributed by atoms with Gasteiger partial charge in [0.05, 0.1) is 6.61 Å². The van der Waals surface area contributed by atoms with E-state index in [2.05, 4.69) is 5.32 Å². The lowest BCUT2D eigenvalue weighted by molar-refractivity contribution is -0.147. The van der Waals surface area contributed by atoms with Gasteiger partial charge in [-0.2, -0.15) is 0 Å². The Labute approximate surface area is 178 Å². The van der Waals surface area contributed by atoms with Crippen molar-refractivity contribution in [1.82, 2.24) is 0 Å². The molecule has 0 unspecified atom stereocenters. The quantitative estimate of drug-likeness (QED) is 0.449. The number of amides is 1. The van der Waals surface area contributed by atoms with Crippen molar-refractivity contribution in [2.45, 2.75) is 27.4 Å². The molecule has 1 aromatic heterocycles. The smallest absolute Gasteiger partial charge is 0.411 e. The Kier molecular flexibility index (Phi) is 6.92. The number of hydrogen-bond donors (Lipinski definition) is 1. The predicted octanol–water partition coefficient (Wildman–Crippen LogP) is 4.10. The predicted molar refractivity (Wildman–Crippen MR) is 114 cm³/mol. The molecule has 0 saturated carbocycles. The molecule has 0 spiro atoms. The number of nitrogens with one attached hydrogen (secondary N) is 1. The van der Waals surface area contributed by atoms with E-state index in [0.29, 0.717) is 22.4 Å². The van der Waals surface area contributed by atoms with E-state index in [4.69, 9.17) is 18.6 Å². The average molecular weight is 425 g/mol. The van der Waals surface area contributed by atoms with Crippen LogP contribution in [0.3, 0.4) is 0 Å². The second kappa shape index (κ2) is 9.80. The lowest BCUT2D eigenvalue weighted by Crippen LogP contribution is -2.15. The third kappa shape index (κ3) is 5.85. The second-order valence-electron chi connectivity index (χ2n) is 6.84. The molecule has 0 fully saturated rings. The summed E-state index contributed by atoms with van der Waals surface area (Å²) >= 11 is 0. The molecule has 1 amide bonds. The summed E-state index contributed by atoms with van der Waals surface area (Å²) < 4.78 is 20.8. The molecule has 8 heteroatoms. The molecule has 1 N–H and O–H groups in total. The van der Waals surface area contributed by atoms with Crippen molar-refractivity contribution in [1.29, 1.82) is 0 Å². The molecule has 31 heavy (non-hydrogen) atoms. The van der Waals surface area contributed by atoms with Crippen LogP contribution in [0.15, 0.2) is 51.7 Å². The Morgan fingerprint density at radius 2 is 1.81 bits per heavy atom. The Morgan fingerprint density at radius 1 is 1.00 bits per heavy atom. The van der Waals surface area contributed by atoms with Crippen molar-refractivity contribution in [3.63, 3.8) is 0 Å². The van der Waals surface area contributed by atoms with Gasteiger partial charge in [0.25, 0.3) is 0 Å². The van der Waals surface area contributed by atoms with Gasteiger partial charge >= 0.3 is 17.7 Å². The van der Waals surface area contributed by atoms with Crippen LogP contribution in [0.5, 0.6) is 5.75 Å². The molecule has 0 saturated heterocycles. The maximum absolute atomic E-state index is 12.1. The molecule has 3 aromatic rings. The lowest BCUT2D eigenvalue weighted by Gasteiger charge is -2.10. The van der Waals surface area contributed by atoms with E-state index in [9.17, 15) is 14.4 Å². The zero-order chi connectivity index (χ0) is 22.4. The SMILES string of the molecule is CCOC(=O)Nc1ccc2c(COC(=O)COc3ccc(C)c(C)c3)cc(=O)oc2c1. The van der Waals surface area contributed by atoms with Crippen molar-refractivity contribution < 1.29 is 28.2 Å². The first-order valence-electron chi connectivity index (χ1n) is 9.72. The van der Waals surface area contributed by atoms with Gasteiger partial charge in [0.1, 0.15) is 17.9 Å². The van der Waals surface area contributed by atoms with Crippen LogP contribution < -0.4 is 15.7 Å². The van der Waals surface area contributed by atoms with Gasteiger partial charge in [0.15, 0.2) is 6.61 Å². The third-order valence-electron chi connectivity index (χ3n) is 4.58. The molecule has 0 aliphatic carbocycles. The summed E-state index contributed by atoms with van der Waals surface area (Å²) in [6, 6.07) is 11.6. The first kappa shape index (κ1) is 21.9. The summed E-state index contributed by atoms with van der Waals surface area (Å²) in [7, 11) is 0. The van der Waals surface area contributed by atoms with Crippen LogP contribution in [0.25, 0.3) is 11.0 Å². The molecular formula is C23H23NO7. The van der Waals surface area contributed by atoms with Gasteiger partial charge in [0.2, 0.25) is 0 Å². The van der Waals surface area contributed by atoms with E-state index in [1.807, 2.05) is 26.0 Å². The fraction of sp³-hybridized carbons (Fsp3) is 0.261. The van der Waals surface area contributed by atoms with Crippen LogP contribution in [-0.2, 0) is 20.9 Å². The highest BCUT2D eigenvalue weighted by Crippen LogP contribution is 2.22. The normalized spacial score (nSPS) is 10.5. The molecule has 0 bridgehead atoms. The van der Waals surface area contributed by atoms with Gasteiger partial charge < -0.3 is 18.6 Å². The molecule has 2 aromatic carbocycles. The number of benzene rings is 2. The molecule has 0 radical (unpaired) electrons. The Hall–Kier alpha value is -3.81. The number of anilines is 1. The van der Waals surface area contributed by atoms with Crippen LogP contribution in [0.2, 0.25) is 0 Å². The van der Waals surface area contributed by atoms with E-state index >= 15 is 0 Å². The van der Waals surface area contributed by atoms with E-state index in [0.717, 1.165) is 11.1 Å². The molecule has 0 atom stereocenters. The van der Waals surface area contributed by atoms with Gasteiger partial charge in [0, 0.05) is 28.8 Å². The zero-order valence-corrected chi connectivity index (χ0v) is 17.5. The molecule has 0 aliphatic heterocycles. The van der Waals surface area contributed by atoms with Gasteiger partial charge in [-0.3, -0.25) is 5.32 Å². The summed E-state index contributed by atoms with van der Waals surface area (Å²) in [6.45, 7) is 5.50. The fourth-order valence-corrected chi connectivity index (χ4v) is 2.86.